The van der Waals surface area contributed by atoms with Gasteiger partial charge in [-0.05, 0) is 31.5 Å². The lowest BCUT2D eigenvalue weighted by molar-refractivity contribution is -0.136. The van der Waals surface area contributed by atoms with Crippen LogP contribution in [0.5, 0.6) is 0 Å². The first kappa shape index (κ1) is 14.6. The summed E-state index contributed by atoms with van der Waals surface area (Å²) in [7, 11) is 0. The van der Waals surface area contributed by atoms with E-state index in [-0.39, 0.29) is 5.92 Å². The van der Waals surface area contributed by atoms with Crippen molar-refractivity contribution in [2.24, 2.45) is 5.92 Å². The Morgan fingerprint density at radius 2 is 2.10 bits per heavy atom. The van der Waals surface area contributed by atoms with Gasteiger partial charge in [-0.3, -0.25) is 4.79 Å². The number of carbonyl (C=O) groups is 1. The van der Waals surface area contributed by atoms with Gasteiger partial charge in [0.2, 0.25) is 5.91 Å². The summed E-state index contributed by atoms with van der Waals surface area (Å²) in [5.74, 6) is 1.41. The summed E-state index contributed by atoms with van der Waals surface area (Å²) >= 11 is 5.86. The van der Waals surface area contributed by atoms with Crippen molar-refractivity contribution in [1.29, 1.82) is 0 Å². The van der Waals surface area contributed by atoms with E-state index in [9.17, 15) is 4.79 Å². The fraction of sp³-hybridized carbons (Fsp3) is 0.600. The van der Waals surface area contributed by atoms with Crippen LogP contribution in [0.3, 0.4) is 0 Å². The lowest BCUT2D eigenvalue weighted by Crippen LogP contribution is -2.52. The number of nitrogens with zero attached hydrogens (tertiary/aromatic N) is 3. The van der Waals surface area contributed by atoms with Gasteiger partial charge in [0.05, 0.1) is 10.9 Å². The SMILES string of the molecule is O=C(C1CCCNC1)N1CCN(c2ccc(Cl)cn2)CC1. The summed E-state index contributed by atoms with van der Waals surface area (Å²) in [4.78, 5) is 21.0. The van der Waals surface area contributed by atoms with Gasteiger partial charge in [0, 0.05) is 38.9 Å². The lowest BCUT2D eigenvalue weighted by Gasteiger charge is -2.37. The molecule has 3 rings (SSSR count). The average molecular weight is 309 g/mol. The van der Waals surface area contributed by atoms with Crippen LogP contribution in [0.1, 0.15) is 12.8 Å². The Bertz CT molecular complexity index is 479. The van der Waals surface area contributed by atoms with Gasteiger partial charge in [-0.2, -0.15) is 0 Å². The quantitative estimate of drug-likeness (QED) is 0.897. The van der Waals surface area contributed by atoms with Gasteiger partial charge in [-0.15, -0.1) is 0 Å². The highest BCUT2D eigenvalue weighted by molar-refractivity contribution is 6.30. The molecule has 1 atom stereocenters. The van der Waals surface area contributed by atoms with Crippen molar-refractivity contribution in [2.75, 3.05) is 44.2 Å². The van der Waals surface area contributed by atoms with Crippen molar-refractivity contribution >= 4 is 23.3 Å². The number of piperazine rings is 1. The molecular weight excluding hydrogens is 288 g/mol. The normalized spacial score (nSPS) is 23.2. The number of rotatable bonds is 2. The van der Waals surface area contributed by atoms with Gasteiger partial charge >= 0.3 is 0 Å². The Morgan fingerprint density at radius 1 is 1.29 bits per heavy atom. The summed E-state index contributed by atoms with van der Waals surface area (Å²) in [6, 6.07) is 3.79. The van der Waals surface area contributed by atoms with E-state index in [1.165, 1.54) is 0 Å². The van der Waals surface area contributed by atoms with Crippen LogP contribution in [0.2, 0.25) is 5.02 Å². The molecule has 6 heteroatoms. The van der Waals surface area contributed by atoms with E-state index in [4.69, 9.17) is 11.6 Å². The molecule has 3 heterocycles. The maximum atomic E-state index is 12.5. The molecule has 2 aliphatic heterocycles. The van der Waals surface area contributed by atoms with E-state index in [2.05, 4.69) is 15.2 Å². The third-order valence-corrected chi connectivity index (χ3v) is 4.50. The fourth-order valence-corrected chi connectivity index (χ4v) is 3.14. The van der Waals surface area contributed by atoms with E-state index in [0.717, 1.165) is 57.9 Å². The minimum Gasteiger partial charge on any atom is -0.353 e. The molecule has 2 fully saturated rings. The second kappa shape index (κ2) is 6.62. The van der Waals surface area contributed by atoms with Crippen molar-refractivity contribution in [3.05, 3.63) is 23.4 Å². The van der Waals surface area contributed by atoms with E-state index in [0.29, 0.717) is 10.9 Å². The van der Waals surface area contributed by atoms with Gasteiger partial charge in [0.25, 0.3) is 0 Å². The second-order valence-corrected chi connectivity index (χ2v) is 6.13. The molecule has 0 radical (unpaired) electrons. The van der Waals surface area contributed by atoms with E-state index in [1.54, 1.807) is 6.20 Å². The Morgan fingerprint density at radius 3 is 2.71 bits per heavy atom. The molecule has 1 amide bonds. The summed E-state index contributed by atoms with van der Waals surface area (Å²) in [6.07, 6.45) is 3.79. The highest BCUT2D eigenvalue weighted by Gasteiger charge is 2.28. The standard InChI is InChI=1S/C15H21ClN4O/c16-13-3-4-14(18-11-13)19-6-8-20(9-7-19)15(21)12-2-1-5-17-10-12/h3-4,11-12,17H,1-2,5-10H2. The summed E-state index contributed by atoms with van der Waals surface area (Å²) < 4.78 is 0. The number of hydrogen-bond donors (Lipinski definition) is 1. The number of anilines is 1. The number of nitrogens with one attached hydrogen (secondary N) is 1. The highest BCUT2D eigenvalue weighted by Crippen LogP contribution is 2.18. The molecule has 5 nitrogen and oxygen atoms in total. The molecule has 21 heavy (non-hydrogen) atoms. The van der Waals surface area contributed by atoms with Crippen LogP contribution in [0, 0.1) is 5.92 Å². The minimum absolute atomic E-state index is 0.166. The zero-order valence-corrected chi connectivity index (χ0v) is 12.9. The number of amides is 1. The molecule has 0 spiro atoms. The third-order valence-electron chi connectivity index (χ3n) is 4.27. The van der Waals surface area contributed by atoms with Gasteiger partial charge in [0.1, 0.15) is 5.82 Å². The maximum Gasteiger partial charge on any atom is 0.227 e. The molecular formula is C15H21ClN4O. The molecule has 0 bridgehead atoms. The first-order valence-electron chi connectivity index (χ1n) is 7.60. The molecule has 0 saturated carbocycles. The van der Waals surface area contributed by atoms with Crippen molar-refractivity contribution in [1.82, 2.24) is 15.2 Å². The molecule has 1 N–H and O–H groups in total. The van der Waals surface area contributed by atoms with Crippen LogP contribution in [-0.4, -0.2) is 55.1 Å². The van der Waals surface area contributed by atoms with E-state index < -0.39 is 0 Å². The first-order chi connectivity index (χ1) is 10.2. The van der Waals surface area contributed by atoms with Crippen LogP contribution in [0.15, 0.2) is 18.3 Å². The Kier molecular flexibility index (Phi) is 4.60. The van der Waals surface area contributed by atoms with Gasteiger partial charge in [-0.1, -0.05) is 11.6 Å². The van der Waals surface area contributed by atoms with Crippen molar-refractivity contribution in [3.63, 3.8) is 0 Å². The van der Waals surface area contributed by atoms with Crippen LogP contribution in [-0.2, 0) is 4.79 Å². The Hall–Kier alpha value is -1.33. The van der Waals surface area contributed by atoms with Crippen LogP contribution >= 0.6 is 11.6 Å². The second-order valence-electron chi connectivity index (χ2n) is 5.69. The van der Waals surface area contributed by atoms with Crippen LogP contribution in [0.4, 0.5) is 5.82 Å². The molecule has 0 aliphatic carbocycles. The van der Waals surface area contributed by atoms with Crippen molar-refractivity contribution in [2.45, 2.75) is 12.8 Å². The average Bonchev–Trinajstić information content (AvgIpc) is 2.56. The predicted molar refractivity (Wildman–Crippen MR) is 83.6 cm³/mol. The summed E-state index contributed by atoms with van der Waals surface area (Å²) in [5.41, 5.74) is 0. The molecule has 1 aromatic rings. The summed E-state index contributed by atoms with van der Waals surface area (Å²) in [6.45, 7) is 5.10. The highest BCUT2D eigenvalue weighted by atomic mass is 35.5. The topological polar surface area (TPSA) is 48.5 Å². The third kappa shape index (κ3) is 3.47. The van der Waals surface area contributed by atoms with Crippen LogP contribution in [0.25, 0.3) is 0 Å². The smallest absolute Gasteiger partial charge is 0.227 e. The van der Waals surface area contributed by atoms with Gasteiger partial charge < -0.3 is 15.1 Å². The zero-order valence-electron chi connectivity index (χ0n) is 12.1. The Labute approximate surface area is 130 Å². The van der Waals surface area contributed by atoms with E-state index in [1.807, 2.05) is 17.0 Å². The largest absolute Gasteiger partial charge is 0.353 e. The number of aromatic nitrogens is 1. The van der Waals surface area contributed by atoms with Crippen molar-refractivity contribution in [3.8, 4) is 0 Å². The number of hydrogen-bond acceptors (Lipinski definition) is 4. The van der Waals surface area contributed by atoms with Crippen LogP contribution < -0.4 is 10.2 Å². The monoisotopic (exact) mass is 308 g/mol. The maximum absolute atomic E-state index is 12.5. The molecule has 1 unspecified atom stereocenters. The molecule has 2 aliphatic rings. The number of carbonyl (C=O) groups excluding carboxylic acids is 1. The fourth-order valence-electron chi connectivity index (χ4n) is 3.03. The molecule has 114 valence electrons. The van der Waals surface area contributed by atoms with Gasteiger partial charge in [-0.25, -0.2) is 4.98 Å². The Balaban J connectivity index is 1.54. The zero-order chi connectivity index (χ0) is 14.7. The molecule has 2 saturated heterocycles. The number of pyridine rings is 1. The van der Waals surface area contributed by atoms with E-state index >= 15 is 0 Å². The first-order valence-corrected chi connectivity index (χ1v) is 7.98. The van der Waals surface area contributed by atoms with Crippen molar-refractivity contribution < 1.29 is 4.79 Å². The molecule has 0 aromatic carbocycles. The molecule has 1 aromatic heterocycles. The summed E-state index contributed by atoms with van der Waals surface area (Å²) in [5, 5.41) is 3.96. The van der Waals surface area contributed by atoms with Gasteiger partial charge in [0.15, 0.2) is 0 Å². The number of halogens is 1. The number of piperidine rings is 1. The lowest BCUT2D eigenvalue weighted by atomic mass is 9.98. The predicted octanol–water partition coefficient (Wildman–Crippen LogP) is 1.38. The minimum atomic E-state index is 0.166.